The lowest BCUT2D eigenvalue weighted by atomic mass is 9.96. The molecule has 0 aliphatic heterocycles. The van der Waals surface area contributed by atoms with Crippen molar-refractivity contribution >= 4 is 17.6 Å². The first kappa shape index (κ1) is 18.1. The van der Waals surface area contributed by atoms with E-state index in [0.717, 1.165) is 0 Å². The number of rotatable bonds is 7. The van der Waals surface area contributed by atoms with Gasteiger partial charge in [0, 0.05) is 11.7 Å². The molecule has 0 bridgehead atoms. The number of nitrogens with zero attached hydrogens (tertiary/aromatic N) is 1. The van der Waals surface area contributed by atoms with Crippen molar-refractivity contribution in [1.82, 2.24) is 0 Å². The van der Waals surface area contributed by atoms with E-state index in [0.29, 0.717) is 24.4 Å². The Bertz CT molecular complexity index is 511. The number of halogens is 1. The van der Waals surface area contributed by atoms with E-state index in [4.69, 9.17) is 0 Å². The molecule has 1 unspecified atom stereocenters. The Morgan fingerprint density at radius 2 is 1.64 bits per heavy atom. The van der Waals surface area contributed by atoms with Crippen LogP contribution in [0.1, 0.15) is 40.5 Å². The zero-order valence-electron chi connectivity index (χ0n) is 13.5. The molecule has 0 aliphatic rings. The third-order valence-electron chi connectivity index (χ3n) is 3.49. The maximum Gasteiger partial charge on any atom is 0.316 e. The van der Waals surface area contributed by atoms with Gasteiger partial charge in [-0.1, -0.05) is 13.8 Å². The first-order valence-electron chi connectivity index (χ1n) is 7.55. The minimum Gasteiger partial charge on any atom is -0.481 e. The Morgan fingerprint density at radius 1 is 1.09 bits per heavy atom. The van der Waals surface area contributed by atoms with Crippen LogP contribution in [0.5, 0.6) is 0 Å². The molecule has 0 aromatic heterocycles. The molecule has 5 heteroatoms. The molecule has 122 valence electrons. The fourth-order valence-electron chi connectivity index (χ4n) is 2.30. The average molecular weight is 309 g/mol. The Morgan fingerprint density at radius 3 is 2.05 bits per heavy atom. The van der Waals surface area contributed by atoms with Crippen molar-refractivity contribution in [2.24, 2.45) is 11.8 Å². The van der Waals surface area contributed by atoms with Gasteiger partial charge in [0.25, 0.3) is 0 Å². The lowest BCUT2D eigenvalue weighted by molar-refractivity contribution is -0.146. The molecule has 4 nitrogen and oxygen atoms in total. The zero-order valence-corrected chi connectivity index (χ0v) is 13.5. The van der Waals surface area contributed by atoms with E-state index in [1.54, 1.807) is 0 Å². The molecule has 0 aliphatic carbocycles. The fourth-order valence-corrected chi connectivity index (χ4v) is 2.30. The summed E-state index contributed by atoms with van der Waals surface area (Å²) < 4.78 is 13.1. The second-order valence-electron chi connectivity index (χ2n) is 6.14. The van der Waals surface area contributed by atoms with E-state index < -0.39 is 23.6 Å². The van der Waals surface area contributed by atoms with E-state index in [1.165, 1.54) is 29.2 Å². The lowest BCUT2D eigenvalue weighted by Gasteiger charge is -2.29. The van der Waals surface area contributed by atoms with Crippen LogP contribution in [0.25, 0.3) is 0 Å². The van der Waals surface area contributed by atoms with Crippen LogP contribution < -0.4 is 4.90 Å². The van der Waals surface area contributed by atoms with E-state index in [1.807, 2.05) is 27.7 Å². The third kappa shape index (κ3) is 4.83. The largest absolute Gasteiger partial charge is 0.481 e. The zero-order chi connectivity index (χ0) is 16.9. The summed E-state index contributed by atoms with van der Waals surface area (Å²) >= 11 is 0. The minimum atomic E-state index is -1.11. The quantitative estimate of drug-likeness (QED) is 0.781. The highest BCUT2D eigenvalue weighted by atomic mass is 19.1. The van der Waals surface area contributed by atoms with Gasteiger partial charge < -0.3 is 10.0 Å². The molecular weight excluding hydrogens is 285 g/mol. The summed E-state index contributed by atoms with van der Waals surface area (Å²) in [5.74, 6) is -2.70. The topological polar surface area (TPSA) is 57.6 Å². The van der Waals surface area contributed by atoms with E-state index in [2.05, 4.69) is 0 Å². The second kappa shape index (κ2) is 7.92. The number of aliphatic carboxylic acids is 1. The summed E-state index contributed by atoms with van der Waals surface area (Å²) in [6.45, 7) is 7.60. The van der Waals surface area contributed by atoms with Crippen LogP contribution in [0, 0.1) is 17.7 Å². The van der Waals surface area contributed by atoms with Crippen LogP contribution >= 0.6 is 0 Å². The highest BCUT2D eigenvalue weighted by molar-refractivity contribution is 6.05. The molecule has 0 radical (unpaired) electrons. The number of benzene rings is 1. The van der Waals surface area contributed by atoms with Crippen molar-refractivity contribution in [2.45, 2.75) is 46.6 Å². The first-order valence-corrected chi connectivity index (χ1v) is 7.55. The summed E-state index contributed by atoms with van der Waals surface area (Å²) in [5.41, 5.74) is 0.511. The molecule has 0 fully saturated rings. The van der Waals surface area contributed by atoms with E-state index in [9.17, 15) is 19.1 Å². The van der Waals surface area contributed by atoms with Gasteiger partial charge in [0.05, 0.1) is 0 Å². The Kier molecular flexibility index (Phi) is 6.53. The number of carboxylic acids is 1. The standard InChI is InChI=1S/C17H24FNO3/c1-11(2)5-10-15(17(21)22)16(20)19(12(3)4)14-8-6-13(18)7-9-14/h6-9,11-12,15H,5,10H2,1-4H3,(H,21,22). The van der Waals surface area contributed by atoms with Crippen LogP contribution in [-0.4, -0.2) is 23.0 Å². The Hall–Kier alpha value is -1.91. The van der Waals surface area contributed by atoms with Crippen LogP contribution in [0.4, 0.5) is 10.1 Å². The van der Waals surface area contributed by atoms with Crippen molar-refractivity contribution in [2.75, 3.05) is 4.90 Å². The first-order chi connectivity index (χ1) is 10.2. The number of carbonyl (C=O) groups excluding carboxylic acids is 1. The SMILES string of the molecule is CC(C)CCC(C(=O)O)C(=O)N(c1ccc(F)cc1)C(C)C. The van der Waals surface area contributed by atoms with Gasteiger partial charge in [-0.25, -0.2) is 4.39 Å². The number of carbonyl (C=O) groups is 2. The van der Waals surface area contributed by atoms with Gasteiger partial charge in [-0.15, -0.1) is 0 Å². The van der Waals surface area contributed by atoms with Gasteiger partial charge in [-0.05, 0) is 56.9 Å². The lowest BCUT2D eigenvalue weighted by Crippen LogP contribution is -2.43. The van der Waals surface area contributed by atoms with E-state index in [-0.39, 0.29) is 6.04 Å². The predicted molar refractivity (Wildman–Crippen MR) is 84.2 cm³/mol. The summed E-state index contributed by atoms with van der Waals surface area (Å²) in [4.78, 5) is 25.6. The number of hydrogen-bond acceptors (Lipinski definition) is 2. The molecule has 0 saturated heterocycles. The predicted octanol–water partition coefficient (Wildman–Crippen LogP) is 3.70. The third-order valence-corrected chi connectivity index (χ3v) is 3.49. The number of hydrogen-bond donors (Lipinski definition) is 1. The number of carboxylic acid groups (broad SMARTS) is 1. The van der Waals surface area contributed by atoms with Gasteiger partial charge >= 0.3 is 5.97 Å². The van der Waals surface area contributed by atoms with Gasteiger partial charge in [-0.3, -0.25) is 9.59 Å². The van der Waals surface area contributed by atoms with Crippen LogP contribution in [0.15, 0.2) is 24.3 Å². The van der Waals surface area contributed by atoms with Crippen LogP contribution in [-0.2, 0) is 9.59 Å². The fraction of sp³-hybridized carbons (Fsp3) is 0.529. The Balaban J connectivity index is 3.04. The van der Waals surface area contributed by atoms with Gasteiger partial charge in [0.15, 0.2) is 0 Å². The highest BCUT2D eigenvalue weighted by Gasteiger charge is 2.32. The molecule has 1 amide bonds. The number of anilines is 1. The molecule has 1 aromatic rings. The van der Waals surface area contributed by atoms with Crippen LogP contribution in [0.2, 0.25) is 0 Å². The normalized spacial score (nSPS) is 12.5. The Labute approximate surface area is 130 Å². The maximum absolute atomic E-state index is 13.1. The van der Waals surface area contributed by atoms with Crippen molar-refractivity contribution in [1.29, 1.82) is 0 Å². The molecule has 0 heterocycles. The molecule has 1 atom stereocenters. The minimum absolute atomic E-state index is 0.209. The molecule has 0 saturated carbocycles. The summed E-state index contributed by atoms with van der Waals surface area (Å²) in [6, 6.07) is 5.31. The van der Waals surface area contributed by atoms with E-state index >= 15 is 0 Å². The van der Waals surface area contributed by atoms with Crippen molar-refractivity contribution in [3.8, 4) is 0 Å². The summed E-state index contributed by atoms with van der Waals surface area (Å²) in [5, 5.41) is 9.37. The van der Waals surface area contributed by atoms with Crippen molar-refractivity contribution < 1.29 is 19.1 Å². The highest BCUT2D eigenvalue weighted by Crippen LogP contribution is 2.23. The maximum atomic E-state index is 13.1. The van der Waals surface area contributed by atoms with Crippen molar-refractivity contribution in [3.63, 3.8) is 0 Å². The molecule has 22 heavy (non-hydrogen) atoms. The molecule has 1 N–H and O–H groups in total. The monoisotopic (exact) mass is 309 g/mol. The van der Waals surface area contributed by atoms with Gasteiger partial charge in [0.2, 0.25) is 5.91 Å². The molecule has 0 spiro atoms. The molecule has 1 rings (SSSR count). The van der Waals surface area contributed by atoms with Crippen LogP contribution in [0.3, 0.4) is 0 Å². The average Bonchev–Trinajstić information content (AvgIpc) is 2.40. The number of amides is 1. The molecular formula is C17H24FNO3. The van der Waals surface area contributed by atoms with Gasteiger partial charge in [0.1, 0.15) is 11.7 Å². The smallest absolute Gasteiger partial charge is 0.316 e. The molecule has 1 aromatic carbocycles. The van der Waals surface area contributed by atoms with Gasteiger partial charge in [-0.2, -0.15) is 0 Å². The summed E-state index contributed by atoms with van der Waals surface area (Å²) in [7, 11) is 0. The van der Waals surface area contributed by atoms with Crippen molar-refractivity contribution in [3.05, 3.63) is 30.1 Å². The second-order valence-corrected chi connectivity index (χ2v) is 6.14. The summed E-state index contributed by atoms with van der Waals surface area (Å²) in [6.07, 6.45) is 0.967.